The Morgan fingerprint density at radius 3 is 2.80 bits per heavy atom. The number of amides is 1. The van der Waals surface area contributed by atoms with Gasteiger partial charge in [-0.05, 0) is 61.6 Å². The molecular weight excluding hydrogens is 394 g/mol. The number of nitrogens with zero attached hydrogens (tertiary/aromatic N) is 2. The molecule has 154 valence electrons. The summed E-state index contributed by atoms with van der Waals surface area (Å²) >= 11 is 1.80. The van der Waals surface area contributed by atoms with Gasteiger partial charge >= 0.3 is 0 Å². The number of aromatic nitrogens is 2. The second kappa shape index (κ2) is 10.2. The molecule has 0 saturated carbocycles. The van der Waals surface area contributed by atoms with Crippen LogP contribution in [-0.2, 0) is 30.7 Å². The fraction of sp³-hybridized carbons (Fsp3) is 0.292. The molecule has 3 aromatic rings. The van der Waals surface area contributed by atoms with Gasteiger partial charge in [0.05, 0.1) is 16.4 Å². The first kappa shape index (κ1) is 20.3. The quantitative estimate of drug-likeness (QED) is 0.551. The number of rotatable bonds is 8. The van der Waals surface area contributed by atoms with Crippen LogP contribution in [0.2, 0.25) is 0 Å². The molecule has 0 unspecified atom stereocenters. The van der Waals surface area contributed by atoms with Gasteiger partial charge in [-0.1, -0.05) is 18.2 Å². The molecule has 0 aliphatic heterocycles. The Kier molecular flexibility index (Phi) is 6.87. The molecule has 0 spiro atoms. The number of nitrogens with one attached hydrogen (secondary N) is 1. The van der Waals surface area contributed by atoms with Crippen LogP contribution in [0, 0.1) is 0 Å². The molecular formula is C24H25N3O2S. The summed E-state index contributed by atoms with van der Waals surface area (Å²) in [6, 6.07) is 13.4. The summed E-state index contributed by atoms with van der Waals surface area (Å²) in [4.78, 5) is 22.5. The molecule has 4 rings (SSSR count). The van der Waals surface area contributed by atoms with Gasteiger partial charge in [0, 0.05) is 30.1 Å². The van der Waals surface area contributed by atoms with E-state index in [1.807, 2.05) is 42.5 Å². The van der Waals surface area contributed by atoms with E-state index in [9.17, 15) is 4.79 Å². The lowest BCUT2D eigenvalue weighted by Gasteiger charge is -2.06. The van der Waals surface area contributed by atoms with E-state index in [4.69, 9.17) is 9.72 Å². The smallest absolute Gasteiger partial charge is 0.244 e. The zero-order chi connectivity index (χ0) is 20.6. The number of ether oxygens (including phenoxy) is 1. The number of fused-ring (bicyclic) bond motifs is 1. The van der Waals surface area contributed by atoms with Crippen molar-refractivity contribution in [2.75, 3.05) is 6.54 Å². The zero-order valence-electron chi connectivity index (χ0n) is 16.8. The Hall–Kier alpha value is -2.99. The van der Waals surface area contributed by atoms with E-state index in [0.29, 0.717) is 13.2 Å². The van der Waals surface area contributed by atoms with Gasteiger partial charge in [-0.3, -0.25) is 9.78 Å². The maximum absolute atomic E-state index is 12.1. The highest BCUT2D eigenvalue weighted by molar-refractivity contribution is 7.11. The van der Waals surface area contributed by atoms with Crippen LogP contribution in [0.15, 0.2) is 54.7 Å². The van der Waals surface area contributed by atoms with Crippen LogP contribution in [0.5, 0.6) is 5.75 Å². The van der Waals surface area contributed by atoms with Gasteiger partial charge in [0.1, 0.15) is 12.4 Å². The highest BCUT2D eigenvalue weighted by atomic mass is 32.1. The molecule has 0 saturated heterocycles. The fourth-order valence-electron chi connectivity index (χ4n) is 3.35. The number of hydrogen-bond acceptors (Lipinski definition) is 5. The first-order valence-electron chi connectivity index (χ1n) is 10.3. The van der Waals surface area contributed by atoms with E-state index in [2.05, 4.69) is 10.3 Å². The molecule has 0 bridgehead atoms. The van der Waals surface area contributed by atoms with E-state index < -0.39 is 0 Å². The lowest BCUT2D eigenvalue weighted by atomic mass is 10.0. The van der Waals surface area contributed by atoms with Crippen LogP contribution in [0.3, 0.4) is 0 Å². The SMILES string of the molecule is O=C(/C=C/c1ccc(OCc2ccccn2)cc1)NCCc1nc2c(s1)CCCC2. The fourth-order valence-corrected chi connectivity index (χ4v) is 4.51. The topological polar surface area (TPSA) is 64.1 Å². The highest BCUT2D eigenvalue weighted by Gasteiger charge is 2.14. The standard InChI is InChI=1S/C24H25N3O2S/c28-23(26-16-14-24-27-21-6-1-2-7-22(21)30-24)13-10-18-8-11-20(12-9-18)29-17-19-5-3-4-15-25-19/h3-5,8-13,15H,1-2,6-7,14,16-17H2,(H,26,28)/b13-10+. The van der Waals surface area contributed by atoms with E-state index >= 15 is 0 Å². The largest absolute Gasteiger partial charge is 0.487 e. The Balaban J connectivity index is 1.20. The van der Waals surface area contributed by atoms with E-state index in [-0.39, 0.29) is 5.91 Å². The number of aryl methyl sites for hydroxylation is 2. The normalized spacial score (nSPS) is 13.2. The third-order valence-corrected chi connectivity index (χ3v) is 6.17. The van der Waals surface area contributed by atoms with Gasteiger partial charge < -0.3 is 10.1 Å². The van der Waals surface area contributed by atoms with Gasteiger partial charge in [-0.15, -0.1) is 11.3 Å². The molecule has 1 N–H and O–H groups in total. The Morgan fingerprint density at radius 1 is 1.13 bits per heavy atom. The minimum Gasteiger partial charge on any atom is -0.487 e. The number of hydrogen-bond donors (Lipinski definition) is 1. The summed E-state index contributed by atoms with van der Waals surface area (Å²) < 4.78 is 5.73. The molecule has 1 aromatic carbocycles. The Morgan fingerprint density at radius 2 is 2.00 bits per heavy atom. The monoisotopic (exact) mass is 419 g/mol. The predicted molar refractivity (Wildman–Crippen MR) is 120 cm³/mol. The zero-order valence-corrected chi connectivity index (χ0v) is 17.7. The third-order valence-electron chi connectivity index (χ3n) is 4.95. The van der Waals surface area contributed by atoms with Crippen molar-refractivity contribution in [1.29, 1.82) is 0 Å². The molecule has 1 aliphatic carbocycles. The van der Waals surface area contributed by atoms with E-state index in [0.717, 1.165) is 41.3 Å². The van der Waals surface area contributed by atoms with Gasteiger partial charge in [-0.2, -0.15) is 0 Å². The van der Waals surface area contributed by atoms with Crippen LogP contribution in [-0.4, -0.2) is 22.4 Å². The predicted octanol–water partition coefficient (Wildman–Crippen LogP) is 4.37. The second-order valence-corrected chi connectivity index (χ2v) is 8.41. The Bertz CT molecular complexity index is 974. The number of pyridine rings is 1. The first-order valence-corrected chi connectivity index (χ1v) is 11.1. The minimum atomic E-state index is -0.0909. The maximum atomic E-state index is 12.1. The lowest BCUT2D eigenvalue weighted by Crippen LogP contribution is -2.23. The minimum absolute atomic E-state index is 0.0909. The van der Waals surface area contributed by atoms with Crippen LogP contribution in [0.4, 0.5) is 0 Å². The van der Waals surface area contributed by atoms with Crippen LogP contribution in [0.1, 0.15) is 39.7 Å². The van der Waals surface area contributed by atoms with Crippen molar-refractivity contribution >= 4 is 23.3 Å². The van der Waals surface area contributed by atoms with Crippen molar-refractivity contribution in [2.45, 2.75) is 38.7 Å². The molecule has 6 heteroatoms. The molecule has 2 aromatic heterocycles. The molecule has 1 aliphatic rings. The number of carbonyl (C=O) groups excluding carboxylic acids is 1. The molecule has 30 heavy (non-hydrogen) atoms. The Labute approximate surface area is 180 Å². The van der Waals surface area contributed by atoms with Gasteiger partial charge in [0.25, 0.3) is 0 Å². The van der Waals surface area contributed by atoms with Crippen molar-refractivity contribution in [3.05, 3.63) is 81.6 Å². The van der Waals surface area contributed by atoms with Crippen LogP contribution in [0.25, 0.3) is 6.08 Å². The summed E-state index contributed by atoms with van der Waals surface area (Å²) in [6.07, 6.45) is 10.7. The average molecular weight is 420 g/mol. The molecule has 0 atom stereocenters. The molecule has 5 nitrogen and oxygen atoms in total. The van der Waals surface area contributed by atoms with Crippen molar-refractivity contribution in [2.24, 2.45) is 0 Å². The average Bonchev–Trinajstić information content (AvgIpc) is 3.20. The summed E-state index contributed by atoms with van der Waals surface area (Å²) in [5.74, 6) is 0.681. The van der Waals surface area contributed by atoms with Gasteiger partial charge in [-0.25, -0.2) is 4.98 Å². The molecule has 0 fully saturated rings. The first-order chi connectivity index (χ1) is 14.8. The van der Waals surface area contributed by atoms with E-state index in [1.54, 1.807) is 29.7 Å². The van der Waals surface area contributed by atoms with Crippen molar-refractivity contribution in [3.63, 3.8) is 0 Å². The highest BCUT2D eigenvalue weighted by Crippen LogP contribution is 2.26. The van der Waals surface area contributed by atoms with Crippen molar-refractivity contribution in [3.8, 4) is 5.75 Å². The van der Waals surface area contributed by atoms with Crippen molar-refractivity contribution < 1.29 is 9.53 Å². The molecule has 1 amide bonds. The number of benzene rings is 1. The summed E-state index contributed by atoms with van der Waals surface area (Å²) in [5.41, 5.74) is 3.11. The second-order valence-electron chi connectivity index (χ2n) is 7.24. The summed E-state index contributed by atoms with van der Waals surface area (Å²) in [5, 5.41) is 4.07. The molecule has 2 heterocycles. The third kappa shape index (κ3) is 5.76. The maximum Gasteiger partial charge on any atom is 0.244 e. The summed E-state index contributed by atoms with van der Waals surface area (Å²) in [6.45, 7) is 1.04. The van der Waals surface area contributed by atoms with Gasteiger partial charge in [0.2, 0.25) is 5.91 Å². The van der Waals surface area contributed by atoms with Crippen molar-refractivity contribution in [1.82, 2.24) is 15.3 Å². The summed E-state index contributed by atoms with van der Waals surface area (Å²) in [7, 11) is 0. The lowest BCUT2D eigenvalue weighted by molar-refractivity contribution is -0.116. The van der Waals surface area contributed by atoms with Gasteiger partial charge in [0.15, 0.2) is 0 Å². The van der Waals surface area contributed by atoms with E-state index in [1.165, 1.54) is 23.4 Å². The number of thiazole rings is 1. The van der Waals surface area contributed by atoms with Crippen LogP contribution < -0.4 is 10.1 Å². The number of carbonyl (C=O) groups is 1. The molecule has 0 radical (unpaired) electrons. The van der Waals surface area contributed by atoms with Crippen LogP contribution >= 0.6 is 11.3 Å².